The number of likely N-dealkylation sites (N-methyl/N-ethyl adjacent to an activating group) is 2. The van der Waals surface area contributed by atoms with Gasteiger partial charge >= 0.3 is 0 Å². The summed E-state index contributed by atoms with van der Waals surface area (Å²) < 4.78 is 0. The van der Waals surface area contributed by atoms with Crippen LogP contribution in [0.1, 0.15) is 39.0 Å². The van der Waals surface area contributed by atoms with E-state index < -0.39 is 0 Å². The molecular formula is C14H29N3. The molecule has 0 aromatic rings. The molecule has 3 nitrogen and oxygen atoms in total. The summed E-state index contributed by atoms with van der Waals surface area (Å²) in [4.78, 5) is 5.39. The SMILES string of the molecule is CCCC(CNC)N1CCC2CCC(C1)N2C. The van der Waals surface area contributed by atoms with Gasteiger partial charge in [-0.3, -0.25) is 9.80 Å². The van der Waals surface area contributed by atoms with Crippen molar-refractivity contribution in [2.75, 3.05) is 33.7 Å². The highest BCUT2D eigenvalue weighted by atomic mass is 15.3. The summed E-state index contributed by atoms with van der Waals surface area (Å²) in [7, 11) is 4.41. The van der Waals surface area contributed by atoms with Crippen molar-refractivity contribution in [3.8, 4) is 0 Å². The van der Waals surface area contributed by atoms with Crippen LogP contribution in [-0.2, 0) is 0 Å². The van der Waals surface area contributed by atoms with E-state index in [1.54, 1.807) is 0 Å². The molecule has 0 aromatic carbocycles. The van der Waals surface area contributed by atoms with Crippen molar-refractivity contribution in [1.82, 2.24) is 15.1 Å². The van der Waals surface area contributed by atoms with Gasteiger partial charge in [0.05, 0.1) is 0 Å². The molecule has 2 heterocycles. The molecule has 2 fully saturated rings. The van der Waals surface area contributed by atoms with Crippen molar-refractivity contribution in [2.45, 2.75) is 57.2 Å². The van der Waals surface area contributed by atoms with Gasteiger partial charge in [-0.15, -0.1) is 0 Å². The number of likely N-dealkylation sites (tertiary alicyclic amines) is 1. The predicted molar refractivity (Wildman–Crippen MR) is 73.4 cm³/mol. The van der Waals surface area contributed by atoms with Crippen molar-refractivity contribution in [3.63, 3.8) is 0 Å². The maximum absolute atomic E-state index is 3.37. The fraction of sp³-hybridized carbons (Fsp3) is 1.00. The molecule has 17 heavy (non-hydrogen) atoms. The van der Waals surface area contributed by atoms with Gasteiger partial charge in [0.1, 0.15) is 0 Å². The number of hydrogen-bond donors (Lipinski definition) is 1. The van der Waals surface area contributed by atoms with E-state index in [-0.39, 0.29) is 0 Å². The second kappa shape index (κ2) is 6.17. The molecule has 2 rings (SSSR count). The van der Waals surface area contributed by atoms with Crippen LogP contribution in [0.5, 0.6) is 0 Å². The zero-order valence-electron chi connectivity index (χ0n) is 11.8. The van der Waals surface area contributed by atoms with Crippen LogP contribution in [0.15, 0.2) is 0 Å². The average Bonchev–Trinajstić information content (AvgIpc) is 2.53. The molecule has 3 unspecified atom stereocenters. The Bertz CT molecular complexity index is 226. The molecule has 2 bridgehead atoms. The van der Waals surface area contributed by atoms with E-state index in [9.17, 15) is 0 Å². The van der Waals surface area contributed by atoms with Crippen LogP contribution >= 0.6 is 0 Å². The fourth-order valence-corrected chi connectivity index (χ4v) is 3.65. The number of hydrogen-bond acceptors (Lipinski definition) is 3. The Morgan fingerprint density at radius 2 is 2.00 bits per heavy atom. The quantitative estimate of drug-likeness (QED) is 0.785. The Kier molecular flexibility index (Phi) is 4.83. The van der Waals surface area contributed by atoms with Crippen LogP contribution in [0.3, 0.4) is 0 Å². The summed E-state index contributed by atoms with van der Waals surface area (Å²) in [5, 5.41) is 3.37. The first kappa shape index (κ1) is 13.3. The van der Waals surface area contributed by atoms with Crippen LogP contribution in [0.25, 0.3) is 0 Å². The fourth-order valence-electron chi connectivity index (χ4n) is 3.65. The van der Waals surface area contributed by atoms with Gasteiger partial charge in [0.25, 0.3) is 0 Å². The first-order valence-electron chi connectivity index (χ1n) is 7.36. The number of nitrogens with zero attached hydrogens (tertiary/aromatic N) is 2. The third-order valence-corrected chi connectivity index (χ3v) is 4.76. The normalized spacial score (nSPS) is 32.6. The minimum atomic E-state index is 0.748. The summed E-state index contributed by atoms with van der Waals surface area (Å²) in [6.45, 7) is 6.05. The van der Waals surface area contributed by atoms with Crippen LogP contribution in [0, 0.1) is 0 Å². The molecular weight excluding hydrogens is 210 g/mol. The minimum absolute atomic E-state index is 0.748. The van der Waals surface area contributed by atoms with Gasteiger partial charge in [0.2, 0.25) is 0 Å². The summed E-state index contributed by atoms with van der Waals surface area (Å²) in [5.41, 5.74) is 0. The van der Waals surface area contributed by atoms with Gasteiger partial charge in [0.15, 0.2) is 0 Å². The Morgan fingerprint density at radius 1 is 1.24 bits per heavy atom. The average molecular weight is 239 g/mol. The third-order valence-electron chi connectivity index (χ3n) is 4.76. The zero-order valence-corrected chi connectivity index (χ0v) is 11.8. The highest BCUT2D eigenvalue weighted by Gasteiger charge is 2.36. The Morgan fingerprint density at radius 3 is 2.71 bits per heavy atom. The lowest BCUT2D eigenvalue weighted by Crippen LogP contribution is -2.46. The molecule has 3 heteroatoms. The van der Waals surface area contributed by atoms with E-state index in [1.807, 2.05) is 0 Å². The smallest absolute Gasteiger partial charge is 0.0223 e. The second-order valence-electron chi connectivity index (χ2n) is 5.83. The summed E-state index contributed by atoms with van der Waals surface area (Å²) >= 11 is 0. The standard InChI is InChI=1S/C14H29N3/c1-4-5-13(10-15-2)17-9-8-12-6-7-14(11-17)16(12)3/h12-15H,4-11H2,1-3H3. The van der Waals surface area contributed by atoms with Crippen molar-refractivity contribution in [3.05, 3.63) is 0 Å². The van der Waals surface area contributed by atoms with Crippen molar-refractivity contribution >= 4 is 0 Å². The van der Waals surface area contributed by atoms with E-state index in [2.05, 4.69) is 36.1 Å². The number of fused-ring (bicyclic) bond motifs is 2. The molecule has 2 aliphatic rings. The molecule has 0 amide bonds. The lowest BCUT2D eigenvalue weighted by atomic mass is 10.0. The van der Waals surface area contributed by atoms with E-state index in [0.717, 1.165) is 24.7 Å². The summed E-state index contributed by atoms with van der Waals surface area (Å²) in [5.74, 6) is 0. The molecule has 2 aliphatic heterocycles. The molecule has 0 saturated carbocycles. The Hall–Kier alpha value is -0.120. The minimum Gasteiger partial charge on any atom is -0.318 e. The Balaban J connectivity index is 1.96. The summed E-state index contributed by atoms with van der Waals surface area (Å²) in [6.07, 6.45) is 6.85. The highest BCUT2D eigenvalue weighted by molar-refractivity contribution is 4.92. The van der Waals surface area contributed by atoms with Crippen LogP contribution in [-0.4, -0.2) is 61.7 Å². The maximum Gasteiger partial charge on any atom is 0.0223 e. The number of nitrogens with one attached hydrogen (secondary N) is 1. The van der Waals surface area contributed by atoms with Crippen molar-refractivity contribution < 1.29 is 0 Å². The van der Waals surface area contributed by atoms with E-state index in [0.29, 0.717) is 0 Å². The van der Waals surface area contributed by atoms with Gasteiger partial charge in [0, 0.05) is 37.8 Å². The topological polar surface area (TPSA) is 18.5 Å². The van der Waals surface area contributed by atoms with Crippen LogP contribution in [0.4, 0.5) is 0 Å². The largest absolute Gasteiger partial charge is 0.318 e. The maximum atomic E-state index is 3.37. The first-order chi connectivity index (χ1) is 8.26. The van der Waals surface area contributed by atoms with Gasteiger partial charge in [-0.05, 0) is 39.8 Å². The first-order valence-corrected chi connectivity index (χ1v) is 7.36. The van der Waals surface area contributed by atoms with Gasteiger partial charge in [-0.1, -0.05) is 13.3 Å². The predicted octanol–water partition coefficient (Wildman–Crippen LogP) is 1.54. The molecule has 0 aliphatic carbocycles. The van der Waals surface area contributed by atoms with E-state index in [4.69, 9.17) is 0 Å². The molecule has 3 atom stereocenters. The lowest BCUT2D eigenvalue weighted by Gasteiger charge is -2.33. The molecule has 1 N–H and O–H groups in total. The van der Waals surface area contributed by atoms with Gasteiger partial charge in [-0.25, -0.2) is 0 Å². The molecule has 0 radical (unpaired) electrons. The Labute approximate surface area is 107 Å². The molecule has 0 aromatic heterocycles. The monoisotopic (exact) mass is 239 g/mol. The van der Waals surface area contributed by atoms with E-state index >= 15 is 0 Å². The van der Waals surface area contributed by atoms with Crippen molar-refractivity contribution in [1.29, 1.82) is 0 Å². The van der Waals surface area contributed by atoms with Crippen LogP contribution in [0.2, 0.25) is 0 Å². The van der Waals surface area contributed by atoms with Gasteiger partial charge in [-0.2, -0.15) is 0 Å². The summed E-state index contributed by atoms with van der Waals surface area (Å²) in [6, 6.07) is 2.43. The molecule has 100 valence electrons. The van der Waals surface area contributed by atoms with Gasteiger partial charge < -0.3 is 5.32 Å². The molecule has 0 spiro atoms. The van der Waals surface area contributed by atoms with Crippen molar-refractivity contribution in [2.24, 2.45) is 0 Å². The lowest BCUT2D eigenvalue weighted by molar-refractivity contribution is 0.162. The molecule has 2 saturated heterocycles. The second-order valence-corrected chi connectivity index (χ2v) is 5.83. The highest BCUT2D eigenvalue weighted by Crippen LogP contribution is 2.29. The van der Waals surface area contributed by atoms with E-state index in [1.165, 1.54) is 45.2 Å². The third kappa shape index (κ3) is 3.01. The zero-order chi connectivity index (χ0) is 12.3. The number of rotatable bonds is 5. The van der Waals surface area contributed by atoms with Crippen LogP contribution < -0.4 is 5.32 Å².